The van der Waals surface area contributed by atoms with Crippen molar-refractivity contribution in [2.24, 2.45) is 0 Å². The number of nitrogens with one attached hydrogen (secondary N) is 1. The Labute approximate surface area is 229 Å². The number of amides is 2. The van der Waals surface area contributed by atoms with Crippen LogP contribution in [-0.2, 0) is 32.6 Å². The van der Waals surface area contributed by atoms with E-state index in [1.165, 1.54) is 4.31 Å². The van der Waals surface area contributed by atoms with Crippen molar-refractivity contribution in [3.8, 4) is 0 Å². The summed E-state index contributed by atoms with van der Waals surface area (Å²) in [5, 5.41) is 4.31. The molecule has 7 nitrogen and oxygen atoms in total. The lowest BCUT2D eigenvalue weighted by Gasteiger charge is -2.31. The lowest BCUT2D eigenvalue weighted by Crippen LogP contribution is -2.49. The van der Waals surface area contributed by atoms with Gasteiger partial charge in [0.05, 0.1) is 10.6 Å². The second kappa shape index (κ2) is 11.3. The molecule has 1 atom stereocenters. The molecule has 5 rings (SSSR count). The zero-order valence-electron chi connectivity index (χ0n) is 21.8. The minimum absolute atomic E-state index is 0.105. The molecule has 1 N–H and O–H groups in total. The van der Waals surface area contributed by atoms with E-state index in [-0.39, 0.29) is 31.3 Å². The molecule has 0 bridgehead atoms. The van der Waals surface area contributed by atoms with Crippen molar-refractivity contribution in [1.82, 2.24) is 10.2 Å². The normalized spacial score (nSPS) is 14.2. The highest BCUT2D eigenvalue weighted by atomic mass is 32.2. The van der Waals surface area contributed by atoms with Crippen LogP contribution in [0, 0.1) is 0 Å². The van der Waals surface area contributed by atoms with Gasteiger partial charge in [0.25, 0.3) is 10.0 Å². The van der Waals surface area contributed by atoms with Gasteiger partial charge in [-0.3, -0.25) is 13.9 Å². The third-order valence-corrected chi connectivity index (χ3v) is 9.00. The molecule has 200 valence electrons. The molecule has 1 heterocycles. The van der Waals surface area contributed by atoms with Gasteiger partial charge in [0, 0.05) is 38.4 Å². The maximum atomic E-state index is 13.7. The fourth-order valence-electron chi connectivity index (χ4n) is 5.22. The summed E-state index contributed by atoms with van der Waals surface area (Å²) in [7, 11) is -2.12. The Morgan fingerprint density at radius 3 is 2.15 bits per heavy atom. The van der Waals surface area contributed by atoms with Crippen molar-refractivity contribution >= 4 is 38.3 Å². The summed E-state index contributed by atoms with van der Waals surface area (Å²) in [4.78, 5) is 28.7. The van der Waals surface area contributed by atoms with E-state index in [9.17, 15) is 18.0 Å². The molecule has 0 radical (unpaired) electrons. The molecule has 0 aliphatic carbocycles. The van der Waals surface area contributed by atoms with Gasteiger partial charge in [0.15, 0.2) is 0 Å². The number of hydrogen-bond donors (Lipinski definition) is 1. The first kappa shape index (κ1) is 26.4. The Hall–Kier alpha value is -4.17. The number of sulfonamides is 1. The van der Waals surface area contributed by atoms with Crippen LogP contribution in [0.2, 0.25) is 0 Å². The molecule has 0 aromatic heterocycles. The van der Waals surface area contributed by atoms with Crippen LogP contribution in [0.4, 0.5) is 5.69 Å². The molecule has 4 aromatic rings. The Bertz CT molecular complexity index is 1590. The molecule has 2 amide bonds. The van der Waals surface area contributed by atoms with Crippen molar-refractivity contribution in [2.45, 2.75) is 36.7 Å². The number of anilines is 1. The molecule has 1 unspecified atom stereocenters. The lowest BCUT2D eigenvalue weighted by atomic mass is 10.0. The highest BCUT2D eigenvalue weighted by molar-refractivity contribution is 7.93. The quantitative estimate of drug-likeness (QED) is 0.320. The van der Waals surface area contributed by atoms with E-state index in [0.717, 1.165) is 21.9 Å². The van der Waals surface area contributed by atoms with E-state index < -0.39 is 16.1 Å². The van der Waals surface area contributed by atoms with Crippen molar-refractivity contribution in [1.29, 1.82) is 0 Å². The average Bonchev–Trinajstić information content (AvgIpc) is 3.18. The fourth-order valence-corrected chi connectivity index (χ4v) is 6.97. The smallest absolute Gasteiger partial charge is 0.265 e. The number of likely N-dealkylation sites (N-methyl/N-ethyl adjacent to an activating group) is 1. The van der Waals surface area contributed by atoms with Gasteiger partial charge in [-0.25, -0.2) is 8.42 Å². The fraction of sp³-hybridized carbons (Fsp3) is 0.226. The number of rotatable bonds is 10. The van der Waals surface area contributed by atoms with Gasteiger partial charge in [-0.15, -0.1) is 0 Å². The Balaban J connectivity index is 1.37. The second-order valence-corrected chi connectivity index (χ2v) is 11.5. The van der Waals surface area contributed by atoms with Crippen molar-refractivity contribution in [3.63, 3.8) is 0 Å². The number of carbonyl (C=O) groups excluding carboxylic acids is 2. The molecule has 1 aliphatic rings. The van der Waals surface area contributed by atoms with E-state index in [0.29, 0.717) is 23.4 Å². The van der Waals surface area contributed by atoms with E-state index >= 15 is 0 Å². The van der Waals surface area contributed by atoms with Gasteiger partial charge in [-0.1, -0.05) is 84.9 Å². The molecule has 0 fully saturated rings. The molecular formula is C31H31N3O4S. The largest absolute Gasteiger partial charge is 0.357 e. The van der Waals surface area contributed by atoms with Crippen LogP contribution in [0.25, 0.3) is 10.8 Å². The van der Waals surface area contributed by atoms with Crippen LogP contribution < -0.4 is 9.62 Å². The summed E-state index contributed by atoms with van der Waals surface area (Å²) in [6, 6.07) is 29.3. The van der Waals surface area contributed by atoms with Gasteiger partial charge < -0.3 is 10.2 Å². The highest BCUT2D eigenvalue weighted by Gasteiger charge is 2.35. The molecular weight excluding hydrogens is 510 g/mol. The van der Waals surface area contributed by atoms with Gasteiger partial charge in [0.2, 0.25) is 11.8 Å². The number of hydrogen-bond acceptors (Lipinski definition) is 4. The minimum Gasteiger partial charge on any atom is -0.357 e. The molecule has 1 aliphatic heterocycles. The average molecular weight is 542 g/mol. The first-order chi connectivity index (χ1) is 18.9. The summed E-state index contributed by atoms with van der Waals surface area (Å²) < 4.78 is 28.1. The van der Waals surface area contributed by atoms with E-state index in [1.807, 2.05) is 78.9 Å². The zero-order valence-corrected chi connectivity index (χ0v) is 22.6. The topological polar surface area (TPSA) is 86.8 Å². The van der Waals surface area contributed by atoms with Crippen LogP contribution in [0.15, 0.2) is 102 Å². The Morgan fingerprint density at radius 2 is 1.49 bits per heavy atom. The standard InChI is InChI=1S/C31H31N3O4S/c1-32-31(36)27(21-23-11-4-2-5-12-23)33(22-24-13-6-3-7-14-24)29(35)19-10-20-34-26-17-8-15-25-16-9-18-28(30(25)26)39(34,37)38/h2-9,11-18,27H,10,19-22H2,1H3,(H,32,36). The summed E-state index contributed by atoms with van der Waals surface area (Å²) in [6.45, 7) is 0.446. The van der Waals surface area contributed by atoms with Crippen LogP contribution >= 0.6 is 0 Å². The first-order valence-corrected chi connectivity index (χ1v) is 14.5. The number of carbonyl (C=O) groups is 2. The molecule has 0 spiro atoms. The highest BCUT2D eigenvalue weighted by Crippen LogP contribution is 2.42. The van der Waals surface area contributed by atoms with E-state index in [1.54, 1.807) is 30.1 Å². The monoisotopic (exact) mass is 541 g/mol. The van der Waals surface area contributed by atoms with Crippen molar-refractivity contribution < 1.29 is 18.0 Å². The van der Waals surface area contributed by atoms with Gasteiger partial charge in [-0.2, -0.15) is 0 Å². The maximum Gasteiger partial charge on any atom is 0.265 e. The predicted octanol–water partition coefficient (Wildman–Crippen LogP) is 4.51. The molecule has 39 heavy (non-hydrogen) atoms. The predicted molar refractivity (Wildman–Crippen MR) is 153 cm³/mol. The van der Waals surface area contributed by atoms with Crippen LogP contribution in [0.5, 0.6) is 0 Å². The Morgan fingerprint density at radius 1 is 0.846 bits per heavy atom. The lowest BCUT2D eigenvalue weighted by molar-refractivity contribution is -0.141. The molecule has 0 saturated heterocycles. The summed E-state index contributed by atoms with van der Waals surface area (Å²) >= 11 is 0. The van der Waals surface area contributed by atoms with Gasteiger partial charge in [0.1, 0.15) is 6.04 Å². The summed E-state index contributed by atoms with van der Waals surface area (Å²) in [5.41, 5.74) is 2.51. The second-order valence-electron chi connectivity index (χ2n) is 9.64. The van der Waals surface area contributed by atoms with Gasteiger partial charge in [-0.05, 0) is 35.1 Å². The molecule has 4 aromatic carbocycles. The van der Waals surface area contributed by atoms with Crippen LogP contribution in [0.1, 0.15) is 24.0 Å². The minimum atomic E-state index is -3.70. The van der Waals surface area contributed by atoms with Crippen LogP contribution in [-0.4, -0.2) is 44.8 Å². The zero-order chi connectivity index (χ0) is 27.4. The SMILES string of the molecule is CNC(=O)C(Cc1ccccc1)N(Cc1ccccc1)C(=O)CCCN1c2cccc3cccc(c23)S1(=O)=O. The summed E-state index contributed by atoms with van der Waals surface area (Å²) in [6.07, 6.45) is 0.796. The van der Waals surface area contributed by atoms with Crippen molar-refractivity contribution in [3.05, 3.63) is 108 Å². The number of nitrogens with zero attached hydrogens (tertiary/aromatic N) is 2. The van der Waals surface area contributed by atoms with E-state index in [2.05, 4.69) is 5.32 Å². The van der Waals surface area contributed by atoms with Gasteiger partial charge >= 0.3 is 0 Å². The molecule has 8 heteroatoms. The van der Waals surface area contributed by atoms with Crippen LogP contribution in [0.3, 0.4) is 0 Å². The first-order valence-electron chi connectivity index (χ1n) is 13.0. The summed E-state index contributed by atoms with van der Waals surface area (Å²) in [5.74, 6) is -0.442. The third kappa shape index (κ3) is 5.38. The third-order valence-electron chi connectivity index (χ3n) is 7.15. The maximum absolute atomic E-state index is 13.7. The van der Waals surface area contributed by atoms with E-state index in [4.69, 9.17) is 0 Å². The van der Waals surface area contributed by atoms with Crippen molar-refractivity contribution in [2.75, 3.05) is 17.9 Å². The Kier molecular flexibility index (Phi) is 7.65. The number of benzene rings is 4. The molecule has 0 saturated carbocycles.